The van der Waals surface area contributed by atoms with Crippen molar-refractivity contribution < 1.29 is 8.42 Å². The first-order valence-electron chi connectivity index (χ1n) is 6.10. The highest BCUT2D eigenvalue weighted by Crippen LogP contribution is 2.15. The molecule has 2 aromatic rings. The van der Waals surface area contributed by atoms with Gasteiger partial charge in [-0.25, -0.2) is 8.42 Å². The first-order chi connectivity index (χ1) is 9.47. The normalized spacial score (nSPS) is 10.5. The van der Waals surface area contributed by atoms with Crippen molar-refractivity contribution in [1.29, 1.82) is 0 Å². The number of benzene rings is 2. The third-order valence-corrected chi connectivity index (χ3v) is 3.64. The lowest BCUT2D eigenvalue weighted by Gasteiger charge is -2.14. The Morgan fingerprint density at radius 3 is 2.10 bits per heavy atom. The second kappa shape index (κ2) is 5.81. The van der Waals surface area contributed by atoms with Gasteiger partial charge in [-0.1, -0.05) is 35.9 Å². The van der Waals surface area contributed by atoms with Crippen molar-refractivity contribution in [1.82, 2.24) is 0 Å². The van der Waals surface area contributed by atoms with Crippen LogP contribution in [-0.2, 0) is 10.0 Å². The Morgan fingerprint density at radius 2 is 1.55 bits per heavy atom. The number of anilines is 1. The van der Waals surface area contributed by atoms with Crippen LogP contribution < -0.4 is 4.31 Å². The van der Waals surface area contributed by atoms with E-state index in [1.54, 1.807) is 24.3 Å². The third-order valence-electron chi connectivity index (χ3n) is 2.68. The Kier molecular flexibility index (Phi) is 4.11. The molecule has 0 saturated heterocycles. The zero-order valence-electron chi connectivity index (χ0n) is 11.4. The molecule has 0 amide bonds. The van der Waals surface area contributed by atoms with E-state index < -0.39 is 10.0 Å². The van der Waals surface area contributed by atoms with Gasteiger partial charge in [0.25, 0.3) is 0 Å². The van der Waals surface area contributed by atoms with E-state index in [1.807, 2.05) is 37.3 Å². The molecule has 20 heavy (non-hydrogen) atoms. The summed E-state index contributed by atoms with van der Waals surface area (Å²) in [7, 11) is -3.44. The molecule has 0 aromatic heterocycles. The molecule has 0 saturated carbocycles. The van der Waals surface area contributed by atoms with Crippen LogP contribution in [0.15, 0.2) is 54.6 Å². The van der Waals surface area contributed by atoms with Crippen molar-refractivity contribution in [2.45, 2.75) is 6.92 Å². The molecule has 0 aliphatic heterocycles. The summed E-state index contributed by atoms with van der Waals surface area (Å²) in [5.41, 5.74) is 2.45. The van der Waals surface area contributed by atoms with Crippen LogP contribution in [0.4, 0.5) is 5.69 Å². The molecule has 0 aliphatic carbocycles. The first-order valence-corrected chi connectivity index (χ1v) is 7.95. The Bertz CT molecular complexity index is 739. The highest BCUT2D eigenvalue weighted by Gasteiger charge is 2.14. The average Bonchev–Trinajstić information content (AvgIpc) is 2.41. The molecule has 0 heterocycles. The lowest BCUT2D eigenvalue weighted by Crippen LogP contribution is -2.24. The molecular weight excluding hydrogens is 270 g/mol. The summed E-state index contributed by atoms with van der Waals surface area (Å²) in [5.74, 6) is 2.87. The van der Waals surface area contributed by atoms with E-state index in [2.05, 4.69) is 12.0 Å². The zero-order chi connectivity index (χ0) is 14.6. The molecular formula is C16H15NO2S. The van der Waals surface area contributed by atoms with Gasteiger partial charge in [0.15, 0.2) is 0 Å². The van der Waals surface area contributed by atoms with E-state index in [9.17, 15) is 8.42 Å². The Balaban J connectivity index is 2.38. The SMILES string of the molecule is Cc1ccc(C#CN(c2ccccc2)S(C)(=O)=O)cc1. The monoisotopic (exact) mass is 285 g/mol. The van der Waals surface area contributed by atoms with Gasteiger partial charge in [-0.3, -0.25) is 0 Å². The standard InChI is InChI=1S/C16H15NO2S/c1-14-8-10-15(11-9-14)12-13-17(20(2,18)19)16-6-4-3-5-7-16/h3-11H,1-2H3. The van der Waals surface area contributed by atoms with Crippen molar-refractivity contribution in [3.63, 3.8) is 0 Å². The molecule has 2 aromatic carbocycles. The van der Waals surface area contributed by atoms with Crippen molar-refractivity contribution in [3.05, 3.63) is 65.7 Å². The summed E-state index contributed by atoms with van der Waals surface area (Å²) >= 11 is 0. The molecule has 0 N–H and O–H groups in total. The van der Waals surface area contributed by atoms with Crippen LogP contribution in [0.1, 0.15) is 11.1 Å². The number of para-hydroxylation sites is 1. The van der Waals surface area contributed by atoms with Crippen molar-refractivity contribution in [2.75, 3.05) is 10.6 Å². The smallest absolute Gasteiger partial charge is 0.206 e. The molecule has 4 heteroatoms. The van der Waals surface area contributed by atoms with Crippen LogP contribution in [0.5, 0.6) is 0 Å². The predicted molar refractivity (Wildman–Crippen MR) is 81.8 cm³/mol. The van der Waals surface area contributed by atoms with Gasteiger partial charge in [-0.15, -0.1) is 0 Å². The Labute approximate surface area is 119 Å². The molecule has 2 rings (SSSR count). The summed E-state index contributed by atoms with van der Waals surface area (Å²) in [6.45, 7) is 1.99. The molecule has 3 nitrogen and oxygen atoms in total. The molecule has 0 bridgehead atoms. The van der Waals surface area contributed by atoms with Crippen molar-refractivity contribution in [3.8, 4) is 12.0 Å². The molecule has 0 radical (unpaired) electrons. The number of aryl methyl sites for hydroxylation is 1. The van der Waals surface area contributed by atoms with Gasteiger partial charge >= 0.3 is 0 Å². The van der Waals surface area contributed by atoms with Gasteiger partial charge in [-0.2, -0.15) is 4.31 Å². The van der Waals surface area contributed by atoms with Gasteiger partial charge in [-0.05, 0) is 37.1 Å². The fourth-order valence-corrected chi connectivity index (χ4v) is 2.37. The first kappa shape index (κ1) is 14.2. The van der Waals surface area contributed by atoms with Crippen molar-refractivity contribution in [2.24, 2.45) is 0 Å². The van der Waals surface area contributed by atoms with Gasteiger partial charge in [0.05, 0.1) is 11.9 Å². The second-order valence-corrected chi connectivity index (χ2v) is 6.30. The largest absolute Gasteiger partial charge is 0.243 e. The molecule has 0 atom stereocenters. The summed E-state index contributed by atoms with van der Waals surface area (Å²) in [5, 5.41) is 0. The fourth-order valence-electron chi connectivity index (χ4n) is 1.65. The van der Waals surface area contributed by atoms with Gasteiger partial charge in [0.1, 0.15) is 0 Å². The lowest BCUT2D eigenvalue weighted by molar-refractivity contribution is 0.602. The number of hydrogen-bond acceptors (Lipinski definition) is 2. The van der Waals surface area contributed by atoms with E-state index in [1.165, 1.54) is 0 Å². The minimum Gasteiger partial charge on any atom is -0.206 e. The highest BCUT2D eigenvalue weighted by molar-refractivity contribution is 7.92. The number of nitrogens with zero attached hydrogens (tertiary/aromatic N) is 1. The molecule has 0 fully saturated rings. The van der Waals surface area contributed by atoms with Crippen LogP contribution in [-0.4, -0.2) is 14.7 Å². The average molecular weight is 285 g/mol. The van der Waals surface area contributed by atoms with E-state index in [0.717, 1.165) is 21.7 Å². The van der Waals surface area contributed by atoms with E-state index >= 15 is 0 Å². The van der Waals surface area contributed by atoms with Gasteiger partial charge in [0.2, 0.25) is 10.0 Å². The van der Waals surface area contributed by atoms with Crippen LogP contribution in [0.3, 0.4) is 0 Å². The second-order valence-electron chi connectivity index (χ2n) is 4.47. The maximum Gasteiger partial charge on any atom is 0.243 e. The molecule has 0 aliphatic rings. The van der Waals surface area contributed by atoms with Crippen molar-refractivity contribution >= 4 is 15.7 Å². The minimum absolute atomic E-state index is 0.537. The predicted octanol–water partition coefficient (Wildman–Crippen LogP) is 2.77. The summed E-state index contributed by atoms with van der Waals surface area (Å²) < 4.78 is 24.8. The topological polar surface area (TPSA) is 37.4 Å². The molecule has 102 valence electrons. The third kappa shape index (κ3) is 3.62. The van der Waals surface area contributed by atoms with E-state index in [4.69, 9.17) is 0 Å². The Morgan fingerprint density at radius 1 is 0.950 bits per heavy atom. The number of hydrogen-bond donors (Lipinski definition) is 0. The fraction of sp³-hybridized carbons (Fsp3) is 0.125. The number of sulfonamides is 1. The lowest BCUT2D eigenvalue weighted by atomic mass is 10.2. The molecule has 0 unspecified atom stereocenters. The van der Waals surface area contributed by atoms with Crippen LogP contribution in [0.2, 0.25) is 0 Å². The quantitative estimate of drug-likeness (QED) is 0.628. The minimum atomic E-state index is -3.44. The summed E-state index contributed by atoms with van der Waals surface area (Å²) in [6.07, 6.45) is 1.14. The van der Waals surface area contributed by atoms with E-state index in [0.29, 0.717) is 5.69 Å². The highest BCUT2D eigenvalue weighted by atomic mass is 32.2. The van der Waals surface area contributed by atoms with Gasteiger partial charge in [0, 0.05) is 11.6 Å². The maximum absolute atomic E-state index is 11.8. The zero-order valence-corrected chi connectivity index (χ0v) is 12.2. The Hall–Kier alpha value is -2.25. The molecule has 0 spiro atoms. The van der Waals surface area contributed by atoms with Crippen LogP contribution >= 0.6 is 0 Å². The van der Waals surface area contributed by atoms with Gasteiger partial charge < -0.3 is 0 Å². The van der Waals surface area contributed by atoms with Crippen LogP contribution in [0.25, 0.3) is 0 Å². The van der Waals surface area contributed by atoms with E-state index in [-0.39, 0.29) is 0 Å². The van der Waals surface area contributed by atoms with Crippen LogP contribution in [0, 0.1) is 18.9 Å². The summed E-state index contributed by atoms with van der Waals surface area (Å²) in [4.78, 5) is 0. The number of rotatable bonds is 2. The maximum atomic E-state index is 11.8. The summed E-state index contributed by atoms with van der Waals surface area (Å²) in [6, 6.07) is 19.1.